The van der Waals surface area contributed by atoms with Crippen LogP contribution in [0.5, 0.6) is 11.5 Å². The van der Waals surface area contributed by atoms with Crippen LogP contribution in [0.4, 0.5) is 0 Å². The van der Waals surface area contributed by atoms with E-state index in [1.807, 2.05) is 43.3 Å². The highest BCUT2D eigenvalue weighted by atomic mass is 35.5. The van der Waals surface area contributed by atoms with Crippen LogP contribution < -0.4 is 9.47 Å². The monoisotopic (exact) mass is 310 g/mol. The van der Waals surface area contributed by atoms with Crippen LogP contribution in [0, 0.1) is 6.92 Å². The summed E-state index contributed by atoms with van der Waals surface area (Å²) in [6, 6.07) is 11.4. The minimum absolute atomic E-state index is 0.323. The van der Waals surface area contributed by atoms with Gasteiger partial charge in [0, 0.05) is 10.6 Å². The molecule has 4 heteroatoms. The summed E-state index contributed by atoms with van der Waals surface area (Å²) in [6.07, 6.45) is 0. The van der Waals surface area contributed by atoms with Crippen molar-refractivity contribution in [1.82, 2.24) is 0 Å². The van der Waals surface area contributed by atoms with Crippen molar-refractivity contribution in [3.63, 3.8) is 0 Å². The molecule has 0 aromatic heterocycles. The minimum Gasteiger partial charge on any atom is -0.497 e. The smallest absolute Gasteiger partial charge is 0.124 e. The fourth-order valence-corrected chi connectivity index (χ4v) is 2.47. The van der Waals surface area contributed by atoms with Gasteiger partial charge >= 0.3 is 0 Å². The molecule has 2 aromatic rings. The molecule has 0 spiro atoms. The maximum Gasteiger partial charge on any atom is 0.124 e. The van der Waals surface area contributed by atoms with Gasteiger partial charge < -0.3 is 9.47 Å². The lowest BCUT2D eigenvalue weighted by Gasteiger charge is -2.16. The number of halogens is 2. The van der Waals surface area contributed by atoms with Gasteiger partial charge in [-0.25, -0.2) is 0 Å². The van der Waals surface area contributed by atoms with Gasteiger partial charge in [-0.3, -0.25) is 0 Å². The normalized spacial score (nSPS) is 12.1. The lowest BCUT2D eigenvalue weighted by atomic mass is 10.0. The van der Waals surface area contributed by atoms with Gasteiger partial charge in [0.1, 0.15) is 11.5 Å². The minimum atomic E-state index is -0.323. The number of hydrogen-bond acceptors (Lipinski definition) is 2. The molecule has 1 unspecified atom stereocenters. The first-order valence-electron chi connectivity index (χ1n) is 6.19. The maximum atomic E-state index is 6.59. The molecule has 106 valence electrons. The molecule has 0 aliphatic rings. The third-order valence-electron chi connectivity index (χ3n) is 3.18. The predicted molar refractivity (Wildman–Crippen MR) is 83.4 cm³/mol. The largest absolute Gasteiger partial charge is 0.497 e. The Morgan fingerprint density at radius 2 is 1.75 bits per heavy atom. The van der Waals surface area contributed by atoms with Crippen molar-refractivity contribution in [3.05, 3.63) is 58.1 Å². The van der Waals surface area contributed by atoms with Crippen LogP contribution in [0.25, 0.3) is 0 Å². The Kier molecular flexibility index (Phi) is 4.79. The summed E-state index contributed by atoms with van der Waals surface area (Å²) in [5.74, 6) is 1.48. The summed E-state index contributed by atoms with van der Waals surface area (Å²) < 4.78 is 10.6. The molecule has 0 aliphatic carbocycles. The number of benzene rings is 2. The maximum absolute atomic E-state index is 6.59. The van der Waals surface area contributed by atoms with Crippen LogP contribution in [0.15, 0.2) is 36.4 Å². The quantitative estimate of drug-likeness (QED) is 0.740. The van der Waals surface area contributed by atoms with Gasteiger partial charge in [0.25, 0.3) is 0 Å². The first-order chi connectivity index (χ1) is 9.56. The number of hydrogen-bond donors (Lipinski definition) is 0. The lowest BCUT2D eigenvalue weighted by Crippen LogP contribution is -1.99. The second kappa shape index (κ2) is 6.38. The van der Waals surface area contributed by atoms with E-state index in [-0.39, 0.29) is 5.38 Å². The molecule has 20 heavy (non-hydrogen) atoms. The Balaban J connectivity index is 2.45. The number of aryl methyl sites for hydroxylation is 1. The number of ether oxygens (including phenoxy) is 2. The summed E-state index contributed by atoms with van der Waals surface area (Å²) in [7, 11) is 3.25. The van der Waals surface area contributed by atoms with Gasteiger partial charge in [-0.15, -0.1) is 11.6 Å². The van der Waals surface area contributed by atoms with Crippen LogP contribution in [-0.4, -0.2) is 14.2 Å². The Morgan fingerprint density at radius 3 is 2.35 bits per heavy atom. The molecule has 2 aromatic carbocycles. The standard InChI is InChI=1S/C16H16Cl2O2/c1-10-8-11(4-6-14(10)17)16(18)13-9-12(19-2)5-7-15(13)20-3/h4-9,16H,1-3H3. The Bertz CT molecular complexity index is 611. The van der Waals surface area contributed by atoms with E-state index < -0.39 is 0 Å². The summed E-state index contributed by atoms with van der Waals surface area (Å²) in [5.41, 5.74) is 2.84. The first-order valence-corrected chi connectivity index (χ1v) is 7.00. The molecule has 2 rings (SSSR count). The summed E-state index contributed by atoms with van der Waals surface area (Å²) >= 11 is 12.6. The molecule has 0 bridgehead atoms. The number of methoxy groups -OCH3 is 2. The average Bonchev–Trinajstić information content (AvgIpc) is 2.48. The van der Waals surface area contributed by atoms with Crippen LogP contribution in [0.3, 0.4) is 0 Å². The highest BCUT2D eigenvalue weighted by molar-refractivity contribution is 6.31. The van der Waals surface area contributed by atoms with Gasteiger partial charge in [0.2, 0.25) is 0 Å². The zero-order valence-corrected chi connectivity index (χ0v) is 13.1. The van der Waals surface area contributed by atoms with E-state index >= 15 is 0 Å². The number of rotatable bonds is 4. The van der Waals surface area contributed by atoms with E-state index in [9.17, 15) is 0 Å². The third-order valence-corrected chi connectivity index (χ3v) is 4.10. The van der Waals surface area contributed by atoms with E-state index in [2.05, 4.69) is 0 Å². The van der Waals surface area contributed by atoms with Crippen molar-refractivity contribution in [2.75, 3.05) is 14.2 Å². The van der Waals surface area contributed by atoms with Crippen molar-refractivity contribution >= 4 is 23.2 Å². The predicted octanol–water partition coefficient (Wildman–Crippen LogP) is 4.99. The van der Waals surface area contributed by atoms with Crippen molar-refractivity contribution < 1.29 is 9.47 Å². The Morgan fingerprint density at radius 1 is 1.00 bits per heavy atom. The first kappa shape index (κ1) is 15.0. The number of alkyl halides is 1. The van der Waals surface area contributed by atoms with Crippen LogP contribution in [0.2, 0.25) is 5.02 Å². The zero-order chi connectivity index (χ0) is 14.7. The van der Waals surface area contributed by atoms with Gasteiger partial charge in [0.05, 0.1) is 19.6 Å². The van der Waals surface area contributed by atoms with Crippen molar-refractivity contribution in [3.8, 4) is 11.5 Å². The fourth-order valence-electron chi connectivity index (χ4n) is 2.04. The fraction of sp³-hybridized carbons (Fsp3) is 0.250. The topological polar surface area (TPSA) is 18.5 Å². The zero-order valence-electron chi connectivity index (χ0n) is 11.6. The molecule has 0 fully saturated rings. The second-order valence-corrected chi connectivity index (χ2v) is 5.32. The van der Waals surface area contributed by atoms with Gasteiger partial charge in [0.15, 0.2) is 0 Å². The molecule has 0 heterocycles. The average molecular weight is 311 g/mol. The molecule has 0 saturated carbocycles. The van der Waals surface area contributed by atoms with E-state index in [4.69, 9.17) is 32.7 Å². The van der Waals surface area contributed by atoms with Crippen LogP contribution >= 0.6 is 23.2 Å². The third kappa shape index (κ3) is 3.02. The second-order valence-electron chi connectivity index (χ2n) is 4.48. The highest BCUT2D eigenvalue weighted by Crippen LogP contribution is 2.38. The van der Waals surface area contributed by atoms with Crippen LogP contribution in [-0.2, 0) is 0 Å². The molecular formula is C16H16Cl2O2. The summed E-state index contributed by atoms with van der Waals surface area (Å²) in [5, 5.41) is 0.409. The summed E-state index contributed by atoms with van der Waals surface area (Å²) in [4.78, 5) is 0. The van der Waals surface area contributed by atoms with Gasteiger partial charge in [-0.2, -0.15) is 0 Å². The highest BCUT2D eigenvalue weighted by Gasteiger charge is 2.17. The molecule has 0 amide bonds. The molecular weight excluding hydrogens is 295 g/mol. The molecule has 2 nitrogen and oxygen atoms in total. The van der Waals surface area contributed by atoms with Crippen molar-refractivity contribution in [2.24, 2.45) is 0 Å². The van der Waals surface area contributed by atoms with Crippen LogP contribution in [0.1, 0.15) is 22.1 Å². The van der Waals surface area contributed by atoms with Crippen molar-refractivity contribution in [1.29, 1.82) is 0 Å². The molecule has 1 atom stereocenters. The lowest BCUT2D eigenvalue weighted by molar-refractivity contribution is 0.399. The van der Waals surface area contributed by atoms with Gasteiger partial charge in [-0.1, -0.05) is 23.7 Å². The van der Waals surface area contributed by atoms with Crippen molar-refractivity contribution in [2.45, 2.75) is 12.3 Å². The van der Waals surface area contributed by atoms with E-state index in [0.29, 0.717) is 0 Å². The molecule has 0 radical (unpaired) electrons. The molecule has 0 saturated heterocycles. The Hall–Kier alpha value is -1.38. The van der Waals surface area contributed by atoms with E-state index in [1.165, 1.54) is 0 Å². The Labute approximate surface area is 129 Å². The molecule has 0 aliphatic heterocycles. The van der Waals surface area contributed by atoms with E-state index in [1.54, 1.807) is 14.2 Å². The van der Waals surface area contributed by atoms with E-state index in [0.717, 1.165) is 33.2 Å². The van der Waals surface area contributed by atoms with Gasteiger partial charge in [-0.05, 0) is 42.3 Å². The SMILES string of the molecule is COc1ccc(OC)c(C(Cl)c2ccc(Cl)c(C)c2)c1. The summed E-state index contributed by atoms with van der Waals surface area (Å²) in [6.45, 7) is 1.96. The molecule has 0 N–H and O–H groups in total.